The smallest absolute Gasteiger partial charge is 0.238 e. The summed E-state index contributed by atoms with van der Waals surface area (Å²) < 4.78 is 15.0. The molecule has 4 aromatic heterocycles. The first-order valence-electron chi connectivity index (χ1n) is 22.8. The number of rotatable bonds is 5. The Morgan fingerprint density at radius 3 is 1.49 bits per heavy atom. The van der Waals surface area contributed by atoms with Crippen LogP contribution in [0.4, 0.5) is 0 Å². The van der Waals surface area contributed by atoms with Crippen LogP contribution in [0.1, 0.15) is 13.8 Å². The van der Waals surface area contributed by atoms with Crippen LogP contribution in [-0.2, 0) is 0 Å². The number of fused-ring (bicyclic) bond motifs is 14. The van der Waals surface area contributed by atoms with E-state index in [0.717, 1.165) is 110 Å². The summed E-state index contributed by atoms with van der Waals surface area (Å²) in [6, 6.07) is 72.2. The van der Waals surface area contributed by atoms with Gasteiger partial charge in [0.1, 0.15) is 22.3 Å². The summed E-state index contributed by atoms with van der Waals surface area (Å²) in [5.41, 5.74) is 11.5. The standard InChI is InChI=1S/C59H34N4O2.C2H6/c1-2-14-35(15-3-1)57-60-58(39-29-31-46-44-21-9-11-27-51(44)65-53(46)34-39)62-59(61-57)63-55-40(24-13-25-49(55)54-47-22-6-4-18-41(47)42-19-5-7-23-48(42)56(54)63)38-17-12-16-36(32-38)37-28-30-45-43-20-8-10-26-50(43)64-52(45)33-37;1-2/h1-34H;1-2H3. The van der Waals surface area contributed by atoms with E-state index in [9.17, 15) is 0 Å². The highest BCUT2D eigenvalue weighted by Gasteiger charge is 2.25. The Balaban J connectivity index is 0.00000220. The van der Waals surface area contributed by atoms with Crippen molar-refractivity contribution in [3.8, 4) is 51.0 Å². The van der Waals surface area contributed by atoms with E-state index in [1.54, 1.807) is 0 Å². The van der Waals surface area contributed by atoms with E-state index in [4.69, 9.17) is 23.8 Å². The van der Waals surface area contributed by atoms with Crippen molar-refractivity contribution in [3.05, 3.63) is 206 Å². The fourth-order valence-electron chi connectivity index (χ4n) is 10.1. The zero-order valence-corrected chi connectivity index (χ0v) is 36.7. The molecule has 0 saturated carbocycles. The van der Waals surface area contributed by atoms with Gasteiger partial charge in [-0.05, 0) is 75.3 Å². The maximum absolute atomic E-state index is 6.40. The SMILES string of the molecule is CC.c1ccc(-c2nc(-c3ccc4c(c3)oc3ccccc34)nc(-n3c4c(-c5cccc(-c6ccc7c(c6)oc6ccccc67)c5)cccc4c4c5ccccc5c5ccccc5c43)n2)cc1. The number of nitrogens with zero attached hydrogens (tertiary/aromatic N) is 4. The molecule has 0 saturated heterocycles. The predicted octanol–water partition coefficient (Wildman–Crippen LogP) is 16.8. The molecule has 14 aromatic rings. The van der Waals surface area contributed by atoms with Crippen LogP contribution in [0.3, 0.4) is 0 Å². The zero-order valence-electron chi connectivity index (χ0n) is 36.7. The van der Waals surface area contributed by atoms with Crippen LogP contribution in [0.2, 0.25) is 0 Å². The lowest BCUT2D eigenvalue weighted by Crippen LogP contribution is -2.07. The van der Waals surface area contributed by atoms with Gasteiger partial charge in [-0.2, -0.15) is 9.97 Å². The number of hydrogen-bond donors (Lipinski definition) is 0. The molecule has 67 heavy (non-hydrogen) atoms. The van der Waals surface area contributed by atoms with Gasteiger partial charge in [0.25, 0.3) is 0 Å². The highest BCUT2D eigenvalue weighted by Crippen LogP contribution is 2.45. The Labute approximate surface area is 385 Å². The summed E-state index contributed by atoms with van der Waals surface area (Å²) in [5.74, 6) is 1.66. The molecule has 0 aliphatic heterocycles. The molecule has 0 radical (unpaired) electrons. The molecule has 0 amide bonds. The van der Waals surface area contributed by atoms with Crippen LogP contribution < -0.4 is 0 Å². The quantitative estimate of drug-likeness (QED) is 0.161. The van der Waals surface area contributed by atoms with Crippen molar-refractivity contribution < 1.29 is 8.83 Å². The lowest BCUT2D eigenvalue weighted by molar-refractivity contribution is 0.668. The number of benzene rings is 10. The Hall–Kier alpha value is -8.87. The second-order valence-electron chi connectivity index (χ2n) is 16.7. The number of furan rings is 2. The van der Waals surface area contributed by atoms with Gasteiger partial charge in [0.05, 0.1) is 11.0 Å². The molecule has 0 fully saturated rings. The summed E-state index contributed by atoms with van der Waals surface area (Å²) in [6.45, 7) is 4.00. The topological polar surface area (TPSA) is 69.9 Å². The Bertz CT molecular complexity index is 4250. The monoisotopic (exact) mass is 860 g/mol. The van der Waals surface area contributed by atoms with E-state index in [0.29, 0.717) is 17.6 Å². The summed E-state index contributed by atoms with van der Waals surface area (Å²) in [6.07, 6.45) is 0. The molecule has 14 rings (SSSR count). The molecular weight excluding hydrogens is 821 g/mol. The Kier molecular flexibility index (Phi) is 8.86. The first kappa shape index (κ1) is 38.6. The highest BCUT2D eigenvalue weighted by atomic mass is 16.3. The van der Waals surface area contributed by atoms with E-state index in [1.807, 2.05) is 62.4 Å². The van der Waals surface area contributed by atoms with E-state index >= 15 is 0 Å². The molecule has 0 aliphatic rings. The second-order valence-corrected chi connectivity index (χ2v) is 16.7. The molecule has 0 N–H and O–H groups in total. The molecule has 6 nitrogen and oxygen atoms in total. The third-order valence-corrected chi connectivity index (χ3v) is 13.0. The van der Waals surface area contributed by atoms with Crippen molar-refractivity contribution in [1.82, 2.24) is 19.5 Å². The molecule has 0 bridgehead atoms. The maximum Gasteiger partial charge on any atom is 0.238 e. The minimum Gasteiger partial charge on any atom is -0.456 e. The van der Waals surface area contributed by atoms with E-state index < -0.39 is 0 Å². The van der Waals surface area contributed by atoms with Gasteiger partial charge in [-0.1, -0.05) is 178 Å². The summed E-state index contributed by atoms with van der Waals surface area (Å²) >= 11 is 0. The van der Waals surface area contributed by atoms with Crippen LogP contribution in [0.5, 0.6) is 0 Å². The van der Waals surface area contributed by atoms with Crippen LogP contribution in [0.25, 0.3) is 138 Å². The molecule has 10 aromatic carbocycles. The molecule has 6 heteroatoms. The fourth-order valence-corrected chi connectivity index (χ4v) is 10.1. The third kappa shape index (κ3) is 6.07. The van der Waals surface area contributed by atoms with Crippen LogP contribution in [-0.4, -0.2) is 19.5 Å². The van der Waals surface area contributed by atoms with Crippen LogP contribution >= 0.6 is 0 Å². The van der Waals surface area contributed by atoms with Crippen molar-refractivity contribution in [3.63, 3.8) is 0 Å². The average Bonchev–Trinajstić information content (AvgIpc) is 4.09. The molecule has 0 aliphatic carbocycles. The lowest BCUT2D eigenvalue weighted by atomic mass is 9.95. The summed E-state index contributed by atoms with van der Waals surface area (Å²) in [4.78, 5) is 16.1. The zero-order chi connectivity index (χ0) is 44.6. The molecule has 0 atom stereocenters. The molecule has 4 heterocycles. The van der Waals surface area contributed by atoms with Gasteiger partial charge < -0.3 is 8.83 Å². The lowest BCUT2D eigenvalue weighted by Gasteiger charge is -2.14. The highest BCUT2D eigenvalue weighted by molar-refractivity contribution is 6.33. The van der Waals surface area contributed by atoms with E-state index in [1.165, 1.54) is 10.8 Å². The average molecular weight is 861 g/mol. The number of aromatic nitrogens is 4. The summed E-state index contributed by atoms with van der Waals surface area (Å²) in [5, 5.41) is 11.3. The second kappa shape index (κ2) is 15.4. The van der Waals surface area contributed by atoms with Gasteiger partial charge >= 0.3 is 0 Å². The first-order valence-corrected chi connectivity index (χ1v) is 22.8. The largest absolute Gasteiger partial charge is 0.456 e. The van der Waals surface area contributed by atoms with Crippen LogP contribution in [0, 0.1) is 0 Å². The van der Waals surface area contributed by atoms with Gasteiger partial charge in [-0.15, -0.1) is 0 Å². The Morgan fingerprint density at radius 1 is 0.313 bits per heavy atom. The van der Waals surface area contributed by atoms with Gasteiger partial charge in [0.15, 0.2) is 11.6 Å². The fraction of sp³-hybridized carbons (Fsp3) is 0.0328. The Morgan fingerprint density at radius 2 is 0.791 bits per heavy atom. The maximum atomic E-state index is 6.40. The minimum atomic E-state index is 0.526. The van der Waals surface area contributed by atoms with E-state index in [-0.39, 0.29) is 0 Å². The third-order valence-electron chi connectivity index (χ3n) is 13.0. The van der Waals surface area contributed by atoms with E-state index in [2.05, 4.69) is 162 Å². The van der Waals surface area contributed by atoms with Gasteiger partial charge in [-0.3, -0.25) is 4.57 Å². The molecule has 0 unspecified atom stereocenters. The van der Waals surface area contributed by atoms with Crippen molar-refractivity contribution >= 4 is 87.2 Å². The van der Waals surface area contributed by atoms with Crippen LogP contribution in [0.15, 0.2) is 215 Å². The van der Waals surface area contributed by atoms with Gasteiger partial charge in [0, 0.05) is 54.4 Å². The molecule has 0 spiro atoms. The van der Waals surface area contributed by atoms with Crippen molar-refractivity contribution in [2.75, 3.05) is 0 Å². The van der Waals surface area contributed by atoms with Crippen molar-refractivity contribution in [2.24, 2.45) is 0 Å². The normalized spacial score (nSPS) is 11.7. The van der Waals surface area contributed by atoms with Crippen molar-refractivity contribution in [2.45, 2.75) is 13.8 Å². The molecule has 316 valence electrons. The first-order chi connectivity index (χ1) is 33.2. The summed E-state index contributed by atoms with van der Waals surface area (Å²) in [7, 11) is 0. The predicted molar refractivity (Wildman–Crippen MR) is 277 cm³/mol. The van der Waals surface area contributed by atoms with Gasteiger partial charge in [-0.25, -0.2) is 4.98 Å². The minimum absolute atomic E-state index is 0.526. The number of hydrogen-bond acceptors (Lipinski definition) is 5. The van der Waals surface area contributed by atoms with Crippen molar-refractivity contribution in [1.29, 1.82) is 0 Å². The number of para-hydroxylation sites is 3. The van der Waals surface area contributed by atoms with Gasteiger partial charge in [0.2, 0.25) is 5.95 Å². The molecular formula is C61H40N4O2.